The molecule has 3 aromatic heterocycles. The Labute approximate surface area is 165 Å². The highest BCUT2D eigenvalue weighted by atomic mass is 16.5. The van der Waals surface area contributed by atoms with Crippen molar-refractivity contribution in [1.82, 2.24) is 24.7 Å². The average molecular weight is 387 g/mol. The average Bonchev–Trinajstić information content (AvgIpc) is 3.02. The topological polar surface area (TPSA) is 122 Å². The van der Waals surface area contributed by atoms with Gasteiger partial charge in [0.2, 0.25) is 0 Å². The fourth-order valence-corrected chi connectivity index (χ4v) is 3.13. The Morgan fingerprint density at radius 2 is 2.00 bits per heavy atom. The summed E-state index contributed by atoms with van der Waals surface area (Å²) in [5, 5.41) is 15.5. The molecule has 9 nitrogen and oxygen atoms in total. The van der Waals surface area contributed by atoms with E-state index in [4.69, 9.17) is 10.00 Å². The van der Waals surface area contributed by atoms with Crippen LogP contribution < -0.4 is 15.6 Å². The minimum atomic E-state index is -0.279. The Morgan fingerprint density at radius 3 is 2.72 bits per heavy atom. The number of hydrogen-bond donors (Lipinski definition) is 2. The predicted molar refractivity (Wildman–Crippen MR) is 108 cm³/mol. The van der Waals surface area contributed by atoms with Gasteiger partial charge in [-0.05, 0) is 26.0 Å². The van der Waals surface area contributed by atoms with E-state index in [1.54, 1.807) is 28.9 Å². The molecule has 0 saturated carbocycles. The number of aryl methyl sites for hydroxylation is 2. The predicted octanol–water partition coefficient (Wildman–Crippen LogP) is 2.74. The largest absolute Gasteiger partial charge is 0.494 e. The summed E-state index contributed by atoms with van der Waals surface area (Å²) in [5.41, 5.74) is 2.23. The number of methoxy groups -OCH3 is 1. The van der Waals surface area contributed by atoms with Crippen molar-refractivity contribution in [2.75, 3.05) is 12.4 Å². The lowest BCUT2D eigenvalue weighted by molar-refractivity contribution is 0.412. The van der Waals surface area contributed by atoms with Gasteiger partial charge in [0.1, 0.15) is 28.9 Å². The molecule has 0 fully saturated rings. The smallest absolute Gasteiger partial charge is 0.273 e. The molecule has 0 unspecified atom stereocenters. The number of pyridine rings is 1. The van der Waals surface area contributed by atoms with Crippen molar-refractivity contribution in [2.24, 2.45) is 0 Å². The van der Waals surface area contributed by atoms with Crippen LogP contribution in [0.5, 0.6) is 5.75 Å². The van der Waals surface area contributed by atoms with Crippen LogP contribution >= 0.6 is 0 Å². The van der Waals surface area contributed by atoms with Crippen molar-refractivity contribution >= 4 is 22.5 Å². The SMILES string of the molecule is COc1cc(C#N)ccc1-n1[nH]c(=O)c2cnc(Nc3cc(C)nc(C)n3)cc21. The number of rotatable bonds is 4. The lowest BCUT2D eigenvalue weighted by Gasteiger charge is -2.11. The summed E-state index contributed by atoms with van der Waals surface area (Å²) in [6.07, 6.45) is 1.50. The molecule has 0 aliphatic carbocycles. The summed E-state index contributed by atoms with van der Waals surface area (Å²) in [6.45, 7) is 3.70. The molecule has 0 bridgehead atoms. The van der Waals surface area contributed by atoms with Gasteiger partial charge in [0.25, 0.3) is 5.56 Å². The molecule has 0 amide bonds. The van der Waals surface area contributed by atoms with Crippen LogP contribution in [0.4, 0.5) is 11.6 Å². The van der Waals surface area contributed by atoms with E-state index in [1.165, 1.54) is 13.3 Å². The van der Waals surface area contributed by atoms with E-state index in [-0.39, 0.29) is 5.56 Å². The molecule has 0 radical (unpaired) electrons. The molecule has 0 aliphatic heterocycles. The van der Waals surface area contributed by atoms with Gasteiger partial charge in [-0.15, -0.1) is 0 Å². The third kappa shape index (κ3) is 3.39. The number of nitrogens with zero attached hydrogens (tertiary/aromatic N) is 5. The number of ether oxygens (including phenoxy) is 1. The molecule has 9 heteroatoms. The summed E-state index contributed by atoms with van der Waals surface area (Å²) in [7, 11) is 1.51. The Bertz CT molecular complexity index is 1310. The fourth-order valence-electron chi connectivity index (χ4n) is 3.13. The Balaban J connectivity index is 1.83. The second-order valence-corrected chi connectivity index (χ2v) is 6.43. The van der Waals surface area contributed by atoms with E-state index in [2.05, 4.69) is 31.4 Å². The summed E-state index contributed by atoms with van der Waals surface area (Å²) in [4.78, 5) is 25.3. The van der Waals surface area contributed by atoms with Gasteiger partial charge in [0.15, 0.2) is 0 Å². The van der Waals surface area contributed by atoms with Crippen molar-refractivity contribution in [3.63, 3.8) is 0 Å². The molecule has 144 valence electrons. The van der Waals surface area contributed by atoms with E-state index in [9.17, 15) is 4.79 Å². The van der Waals surface area contributed by atoms with Gasteiger partial charge in [-0.25, -0.2) is 19.6 Å². The summed E-state index contributed by atoms with van der Waals surface area (Å²) in [5.74, 6) is 2.25. The van der Waals surface area contributed by atoms with Crippen LogP contribution in [0.15, 0.2) is 41.3 Å². The molecule has 3 heterocycles. The number of nitriles is 1. The maximum Gasteiger partial charge on any atom is 0.273 e. The molecule has 0 aliphatic rings. The summed E-state index contributed by atoms with van der Waals surface area (Å²) < 4.78 is 7.02. The van der Waals surface area contributed by atoms with Crippen molar-refractivity contribution in [3.8, 4) is 17.5 Å². The number of nitrogens with one attached hydrogen (secondary N) is 2. The third-order valence-corrected chi connectivity index (χ3v) is 4.35. The van der Waals surface area contributed by atoms with Gasteiger partial charge in [0, 0.05) is 30.1 Å². The highest BCUT2D eigenvalue weighted by molar-refractivity contribution is 5.82. The van der Waals surface area contributed by atoms with E-state index >= 15 is 0 Å². The maximum absolute atomic E-state index is 12.4. The first kappa shape index (κ1) is 18.2. The van der Waals surface area contributed by atoms with Crippen molar-refractivity contribution in [3.05, 3.63) is 64.0 Å². The number of aromatic amines is 1. The molecule has 2 N–H and O–H groups in total. The van der Waals surface area contributed by atoms with Gasteiger partial charge in [-0.3, -0.25) is 9.89 Å². The number of hydrogen-bond acceptors (Lipinski definition) is 7. The van der Waals surface area contributed by atoms with Gasteiger partial charge in [0.05, 0.1) is 29.6 Å². The monoisotopic (exact) mass is 387 g/mol. The second-order valence-electron chi connectivity index (χ2n) is 6.43. The Morgan fingerprint density at radius 1 is 1.17 bits per heavy atom. The summed E-state index contributed by atoms with van der Waals surface area (Å²) in [6, 6.07) is 10.6. The molecule has 29 heavy (non-hydrogen) atoms. The zero-order valence-corrected chi connectivity index (χ0v) is 16.0. The first-order chi connectivity index (χ1) is 14.0. The van der Waals surface area contributed by atoms with E-state index in [0.29, 0.717) is 45.4 Å². The van der Waals surface area contributed by atoms with E-state index in [0.717, 1.165) is 5.69 Å². The standard InChI is InChI=1S/C20H17N7O2/c1-11-6-19(24-12(2)23-11)25-18-8-16-14(10-22-18)20(28)26-27(16)15-5-4-13(9-21)7-17(15)29-3/h4-8,10H,1-3H3,(H,26,28)(H,22,23,24,25). The molecular weight excluding hydrogens is 370 g/mol. The molecular formula is C20H17N7O2. The molecule has 1 aromatic carbocycles. The number of benzene rings is 1. The quantitative estimate of drug-likeness (QED) is 0.552. The minimum absolute atomic E-state index is 0.279. The van der Waals surface area contributed by atoms with Crippen LogP contribution in [-0.2, 0) is 0 Å². The Kier molecular flexibility index (Phi) is 4.44. The highest BCUT2D eigenvalue weighted by Gasteiger charge is 2.14. The Hall–Kier alpha value is -4.19. The minimum Gasteiger partial charge on any atom is -0.494 e. The van der Waals surface area contributed by atoms with Crippen molar-refractivity contribution < 1.29 is 4.74 Å². The molecule has 0 saturated heterocycles. The van der Waals surface area contributed by atoms with Gasteiger partial charge >= 0.3 is 0 Å². The van der Waals surface area contributed by atoms with Crippen LogP contribution in [0.25, 0.3) is 16.6 Å². The molecule has 4 aromatic rings. The van der Waals surface area contributed by atoms with Crippen molar-refractivity contribution in [2.45, 2.75) is 13.8 Å². The zero-order chi connectivity index (χ0) is 20.5. The number of fused-ring (bicyclic) bond motifs is 1. The van der Waals surface area contributed by atoms with Crippen LogP contribution in [0.2, 0.25) is 0 Å². The van der Waals surface area contributed by atoms with Crippen molar-refractivity contribution in [1.29, 1.82) is 5.26 Å². The van der Waals surface area contributed by atoms with Gasteiger partial charge < -0.3 is 10.1 Å². The lowest BCUT2D eigenvalue weighted by atomic mass is 10.2. The first-order valence-electron chi connectivity index (χ1n) is 8.77. The zero-order valence-electron chi connectivity index (χ0n) is 16.0. The third-order valence-electron chi connectivity index (χ3n) is 4.35. The number of anilines is 2. The maximum atomic E-state index is 12.4. The van der Waals surface area contributed by atoms with E-state index < -0.39 is 0 Å². The van der Waals surface area contributed by atoms with Gasteiger partial charge in [-0.2, -0.15) is 5.26 Å². The van der Waals surface area contributed by atoms with Crippen LogP contribution in [0.3, 0.4) is 0 Å². The van der Waals surface area contributed by atoms with Crippen LogP contribution in [0, 0.1) is 25.2 Å². The van der Waals surface area contributed by atoms with Crippen LogP contribution in [0.1, 0.15) is 17.1 Å². The number of H-pyrrole nitrogens is 1. The fraction of sp³-hybridized carbons (Fsp3) is 0.150. The summed E-state index contributed by atoms with van der Waals surface area (Å²) >= 11 is 0. The molecule has 4 rings (SSSR count). The van der Waals surface area contributed by atoms with Crippen LogP contribution in [-0.4, -0.2) is 31.8 Å². The molecule has 0 atom stereocenters. The number of aromatic nitrogens is 5. The first-order valence-corrected chi connectivity index (χ1v) is 8.77. The van der Waals surface area contributed by atoms with Gasteiger partial charge in [-0.1, -0.05) is 0 Å². The van der Waals surface area contributed by atoms with E-state index in [1.807, 2.05) is 19.9 Å². The molecule has 0 spiro atoms. The highest BCUT2D eigenvalue weighted by Crippen LogP contribution is 2.27. The lowest BCUT2D eigenvalue weighted by Crippen LogP contribution is -2.05. The normalized spacial score (nSPS) is 10.7. The second kappa shape index (κ2) is 7.09.